The molecule has 1 aliphatic carbocycles. The van der Waals surface area contributed by atoms with Crippen molar-refractivity contribution in [1.82, 2.24) is 15.3 Å². The van der Waals surface area contributed by atoms with Crippen LogP contribution < -0.4 is 15.5 Å². The minimum atomic E-state index is -4.15. The third-order valence-corrected chi connectivity index (χ3v) is 6.50. The first-order valence-corrected chi connectivity index (χ1v) is 10.8. The summed E-state index contributed by atoms with van der Waals surface area (Å²) in [4.78, 5) is 9.69. The van der Waals surface area contributed by atoms with Crippen molar-refractivity contribution in [3.8, 4) is 0 Å². The third kappa shape index (κ3) is 5.75. The Balaban J connectivity index is 1.63. The lowest BCUT2D eigenvalue weighted by atomic mass is 9.81. The summed E-state index contributed by atoms with van der Waals surface area (Å²) < 4.78 is 53.8. The van der Waals surface area contributed by atoms with Gasteiger partial charge in [0.25, 0.3) is 0 Å². The smallest absolute Gasteiger partial charge is 0.389 e. The van der Waals surface area contributed by atoms with Crippen molar-refractivity contribution in [3.05, 3.63) is 12.1 Å². The normalized spacial score (nSPS) is 29.6. The van der Waals surface area contributed by atoms with Crippen LogP contribution in [0, 0.1) is 17.7 Å². The van der Waals surface area contributed by atoms with E-state index in [2.05, 4.69) is 20.6 Å². The largest absolute Gasteiger partial charge is 0.391 e. The van der Waals surface area contributed by atoms with Crippen LogP contribution in [0.25, 0.3) is 0 Å². The van der Waals surface area contributed by atoms with E-state index in [-0.39, 0.29) is 43.5 Å². The molecule has 31 heavy (non-hydrogen) atoms. The number of nitrogens with one attached hydrogen (secondary N) is 2. The molecule has 1 saturated heterocycles. The zero-order chi connectivity index (χ0) is 22.6. The van der Waals surface area contributed by atoms with Gasteiger partial charge in [0.2, 0.25) is 5.82 Å². The highest BCUT2D eigenvalue weighted by atomic mass is 19.4. The maximum absolute atomic E-state index is 15.1. The molecule has 0 amide bonds. The quantitative estimate of drug-likeness (QED) is 0.475. The Bertz CT molecular complexity index is 730. The maximum Gasteiger partial charge on any atom is 0.391 e. The molecule has 0 bridgehead atoms. The monoisotopic (exact) mass is 449 g/mol. The molecule has 1 aliphatic heterocycles. The Labute approximate surface area is 179 Å². The Morgan fingerprint density at radius 2 is 1.97 bits per heavy atom. The second kappa shape index (κ2) is 9.83. The number of hydrogen-bond acceptors (Lipinski definition) is 7. The van der Waals surface area contributed by atoms with Gasteiger partial charge in [-0.1, -0.05) is 0 Å². The molecular weight excluding hydrogens is 418 g/mol. The van der Waals surface area contributed by atoms with Gasteiger partial charge in [-0.05, 0) is 51.5 Å². The topological polar surface area (TPSA) is 93.5 Å². The number of anilines is 2. The van der Waals surface area contributed by atoms with Crippen LogP contribution in [0.1, 0.15) is 39.0 Å². The number of aliphatic hydroxyl groups is 2. The fourth-order valence-corrected chi connectivity index (χ4v) is 4.40. The first kappa shape index (κ1) is 23.9. The van der Waals surface area contributed by atoms with Crippen LogP contribution >= 0.6 is 0 Å². The van der Waals surface area contributed by atoms with Crippen molar-refractivity contribution in [3.63, 3.8) is 0 Å². The average molecular weight is 449 g/mol. The van der Waals surface area contributed by atoms with Gasteiger partial charge in [0, 0.05) is 26.2 Å². The second-order valence-corrected chi connectivity index (χ2v) is 8.58. The van der Waals surface area contributed by atoms with E-state index in [9.17, 15) is 23.4 Å². The van der Waals surface area contributed by atoms with E-state index in [1.54, 1.807) is 4.90 Å². The van der Waals surface area contributed by atoms with Crippen LogP contribution in [0.15, 0.2) is 6.33 Å². The summed E-state index contributed by atoms with van der Waals surface area (Å²) >= 11 is 0. The molecule has 3 rings (SSSR count). The van der Waals surface area contributed by atoms with E-state index in [1.165, 1.54) is 6.33 Å². The zero-order valence-corrected chi connectivity index (χ0v) is 17.6. The van der Waals surface area contributed by atoms with Crippen molar-refractivity contribution in [2.24, 2.45) is 11.8 Å². The summed E-state index contributed by atoms with van der Waals surface area (Å²) in [7, 11) is 0. The van der Waals surface area contributed by atoms with Gasteiger partial charge in [-0.25, -0.2) is 9.97 Å². The van der Waals surface area contributed by atoms with E-state index < -0.39 is 29.6 Å². The first-order chi connectivity index (χ1) is 14.6. The predicted octanol–water partition coefficient (Wildman–Crippen LogP) is 2.31. The highest BCUT2D eigenvalue weighted by molar-refractivity contribution is 5.51. The molecule has 2 aliphatic rings. The molecule has 4 N–H and O–H groups in total. The average Bonchev–Trinajstić information content (AvgIpc) is 2.73. The summed E-state index contributed by atoms with van der Waals surface area (Å²) in [5, 5.41) is 26.4. The fourth-order valence-electron chi connectivity index (χ4n) is 4.40. The number of rotatable bonds is 7. The molecule has 0 spiro atoms. The van der Waals surface area contributed by atoms with Gasteiger partial charge >= 0.3 is 6.18 Å². The molecule has 0 aromatic carbocycles. The number of piperidine rings is 1. The van der Waals surface area contributed by atoms with Gasteiger partial charge in [-0.15, -0.1) is 0 Å². The molecular formula is C20H31F4N5O2. The van der Waals surface area contributed by atoms with Crippen molar-refractivity contribution >= 4 is 11.6 Å². The molecule has 2 fully saturated rings. The molecule has 176 valence electrons. The first-order valence-electron chi connectivity index (χ1n) is 10.8. The zero-order valence-electron chi connectivity index (χ0n) is 17.6. The van der Waals surface area contributed by atoms with E-state index >= 15 is 4.39 Å². The lowest BCUT2D eigenvalue weighted by molar-refractivity contribution is -0.183. The Kier molecular flexibility index (Phi) is 7.59. The predicted molar refractivity (Wildman–Crippen MR) is 108 cm³/mol. The Hall–Kier alpha value is -1.72. The molecule has 2 heterocycles. The lowest BCUT2D eigenvalue weighted by Gasteiger charge is -2.37. The highest BCUT2D eigenvalue weighted by Crippen LogP contribution is 2.40. The van der Waals surface area contributed by atoms with Gasteiger partial charge in [-0.3, -0.25) is 0 Å². The van der Waals surface area contributed by atoms with Crippen LogP contribution in [0.3, 0.4) is 0 Å². The fraction of sp³-hybridized carbons (Fsp3) is 0.800. The molecule has 0 radical (unpaired) electrons. The number of aromatic nitrogens is 2. The van der Waals surface area contributed by atoms with Crippen molar-refractivity contribution in [2.75, 3.05) is 42.9 Å². The van der Waals surface area contributed by atoms with Gasteiger partial charge in [-0.2, -0.15) is 17.6 Å². The molecule has 0 unspecified atom stereocenters. The number of halogens is 4. The van der Waals surface area contributed by atoms with Crippen molar-refractivity contribution < 1.29 is 27.8 Å². The molecule has 1 aromatic rings. The summed E-state index contributed by atoms with van der Waals surface area (Å²) in [5.74, 6) is -1.89. The second-order valence-electron chi connectivity index (χ2n) is 8.58. The third-order valence-electron chi connectivity index (χ3n) is 6.50. The SMILES string of the molecule is CCN(CC1CCC(C(F)(F)F)CC1)c1ncnc(NC[C@@]2(O)CCNC[C@@H]2O)c1F. The van der Waals surface area contributed by atoms with E-state index in [1.807, 2.05) is 6.92 Å². The van der Waals surface area contributed by atoms with E-state index in [0.717, 1.165) is 0 Å². The minimum Gasteiger partial charge on any atom is -0.389 e. The summed E-state index contributed by atoms with van der Waals surface area (Å²) in [6.07, 6.45) is -2.54. The number of β-amino-alcohol motifs (C(OH)–C–C–N with tert-alkyl or cyclic N) is 1. The molecule has 2 atom stereocenters. The Morgan fingerprint density at radius 3 is 2.58 bits per heavy atom. The van der Waals surface area contributed by atoms with Crippen LogP contribution in [0.5, 0.6) is 0 Å². The van der Waals surface area contributed by atoms with Crippen LogP contribution in [0.4, 0.5) is 29.2 Å². The minimum absolute atomic E-state index is 0.0370. The van der Waals surface area contributed by atoms with E-state index in [0.29, 0.717) is 38.9 Å². The highest BCUT2D eigenvalue weighted by Gasteiger charge is 2.42. The number of hydrogen-bond donors (Lipinski definition) is 4. The molecule has 1 aromatic heterocycles. The summed E-state index contributed by atoms with van der Waals surface area (Å²) in [6.45, 7) is 3.41. The lowest BCUT2D eigenvalue weighted by Crippen LogP contribution is -2.57. The molecule has 7 nitrogen and oxygen atoms in total. The standard InChI is InChI=1S/C20H31F4N5O2/c1-2-29(10-13-3-5-14(6-4-13)20(22,23)24)18-16(21)17(27-12-28-18)26-11-19(31)7-8-25-9-15(19)30/h12-15,25,30-31H,2-11H2,1H3,(H,26,27,28)/t13?,14?,15-,19-/m0/s1. The molecule has 1 saturated carbocycles. The number of aliphatic hydroxyl groups excluding tert-OH is 1. The number of nitrogens with zero attached hydrogens (tertiary/aromatic N) is 3. The number of alkyl halides is 3. The van der Waals surface area contributed by atoms with Gasteiger partial charge in [0.05, 0.1) is 12.0 Å². The van der Waals surface area contributed by atoms with Gasteiger partial charge in [0.1, 0.15) is 11.9 Å². The summed E-state index contributed by atoms with van der Waals surface area (Å²) in [6, 6.07) is 0. The van der Waals surface area contributed by atoms with E-state index in [4.69, 9.17) is 0 Å². The Morgan fingerprint density at radius 1 is 1.26 bits per heavy atom. The molecule has 11 heteroatoms. The van der Waals surface area contributed by atoms with Crippen LogP contribution in [-0.2, 0) is 0 Å². The van der Waals surface area contributed by atoms with Gasteiger partial charge in [0.15, 0.2) is 11.6 Å². The van der Waals surface area contributed by atoms with Crippen LogP contribution in [-0.4, -0.2) is 70.8 Å². The summed E-state index contributed by atoms with van der Waals surface area (Å²) in [5.41, 5.74) is -1.40. The maximum atomic E-state index is 15.1. The van der Waals surface area contributed by atoms with Crippen molar-refractivity contribution in [1.29, 1.82) is 0 Å². The van der Waals surface area contributed by atoms with Crippen molar-refractivity contribution in [2.45, 2.75) is 56.9 Å². The van der Waals surface area contributed by atoms with Crippen LogP contribution in [0.2, 0.25) is 0 Å². The van der Waals surface area contributed by atoms with Gasteiger partial charge < -0.3 is 25.7 Å².